The summed E-state index contributed by atoms with van der Waals surface area (Å²) < 4.78 is 41.6. The molecule has 1 aromatic heterocycles. The van der Waals surface area contributed by atoms with Crippen molar-refractivity contribution in [3.05, 3.63) is 77.1 Å². The van der Waals surface area contributed by atoms with Crippen molar-refractivity contribution in [3.63, 3.8) is 0 Å². The first-order chi connectivity index (χ1) is 14.0. The topological polar surface area (TPSA) is 46.8 Å². The van der Waals surface area contributed by atoms with Crippen LogP contribution in [0.4, 0.5) is 13.2 Å². The fraction of sp³-hybridized carbons (Fsp3) is 0.381. The van der Waals surface area contributed by atoms with Crippen molar-refractivity contribution in [2.24, 2.45) is 0 Å². The third kappa shape index (κ3) is 4.48. The molecule has 4 rings (SSSR count). The van der Waals surface area contributed by atoms with Crippen molar-refractivity contribution in [3.8, 4) is 0 Å². The molecular weight excluding hydrogens is 379 g/mol. The number of hydrogen-bond donors (Lipinski definition) is 0. The highest BCUT2D eigenvalue weighted by atomic mass is 19.4. The molecular formula is C21H22F3N5. The van der Waals surface area contributed by atoms with E-state index in [1.54, 1.807) is 10.7 Å². The standard InChI is InChI=1S/C21H22F3N5/c22-21(23,24)18-10-6-9-17(15-18)19(28-12-4-5-13-28)20-25-26-27-29(20)14-11-16-7-2-1-3-8-16/h1-3,6-10,15,19H,4-5,11-14H2/t19-/m0/s1. The van der Waals surface area contributed by atoms with Gasteiger partial charge in [-0.25, -0.2) is 4.68 Å². The van der Waals surface area contributed by atoms with Crippen LogP contribution in [-0.4, -0.2) is 38.2 Å². The Kier molecular flexibility index (Phi) is 5.62. The number of rotatable bonds is 6. The number of nitrogens with zero attached hydrogens (tertiary/aromatic N) is 5. The minimum absolute atomic E-state index is 0.398. The Balaban J connectivity index is 1.66. The first-order valence-electron chi connectivity index (χ1n) is 9.73. The number of alkyl halides is 3. The quantitative estimate of drug-likeness (QED) is 0.623. The number of aryl methyl sites for hydroxylation is 2. The largest absolute Gasteiger partial charge is 0.416 e. The van der Waals surface area contributed by atoms with E-state index in [-0.39, 0.29) is 0 Å². The van der Waals surface area contributed by atoms with E-state index in [1.807, 2.05) is 30.3 Å². The molecule has 1 aliphatic rings. The molecule has 1 aliphatic heterocycles. The smallest absolute Gasteiger partial charge is 0.290 e. The summed E-state index contributed by atoms with van der Waals surface area (Å²) >= 11 is 0. The van der Waals surface area contributed by atoms with Gasteiger partial charge in [0.25, 0.3) is 0 Å². The molecule has 0 bridgehead atoms. The van der Waals surface area contributed by atoms with Crippen LogP contribution in [0.5, 0.6) is 0 Å². The average molecular weight is 401 g/mol. The number of benzene rings is 2. The highest BCUT2D eigenvalue weighted by Gasteiger charge is 2.34. The van der Waals surface area contributed by atoms with Crippen LogP contribution in [-0.2, 0) is 19.1 Å². The van der Waals surface area contributed by atoms with E-state index in [0.717, 1.165) is 44.0 Å². The minimum atomic E-state index is -4.38. The van der Waals surface area contributed by atoms with Crippen molar-refractivity contribution >= 4 is 0 Å². The van der Waals surface area contributed by atoms with Crippen LogP contribution in [0.15, 0.2) is 54.6 Å². The van der Waals surface area contributed by atoms with Crippen LogP contribution < -0.4 is 0 Å². The van der Waals surface area contributed by atoms with Gasteiger partial charge >= 0.3 is 6.18 Å². The summed E-state index contributed by atoms with van der Waals surface area (Å²) in [6.07, 6.45) is -1.61. The average Bonchev–Trinajstić information content (AvgIpc) is 3.40. The van der Waals surface area contributed by atoms with Crippen molar-refractivity contribution in [1.29, 1.82) is 0 Å². The first-order valence-corrected chi connectivity index (χ1v) is 9.73. The van der Waals surface area contributed by atoms with Crippen LogP contribution >= 0.6 is 0 Å². The van der Waals surface area contributed by atoms with Gasteiger partial charge < -0.3 is 0 Å². The fourth-order valence-corrected chi connectivity index (χ4v) is 3.85. The van der Waals surface area contributed by atoms with Gasteiger partial charge in [0, 0.05) is 6.54 Å². The van der Waals surface area contributed by atoms with Crippen LogP contribution in [0.25, 0.3) is 0 Å². The van der Waals surface area contributed by atoms with E-state index in [0.29, 0.717) is 17.9 Å². The van der Waals surface area contributed by atoms with E-state index in [1.165, 1.54) is 12.1 Å². The van der Waals surface area contributed by atoms with Crippen LogP contribution in [0.3, 0.4) is 0 Å². The van der Waals surface area contributed by atoms with Crippen LogP contribution in [0, 0.1) is 0 Å². The van der Waals surface area contributed by atoms with E-state index in [9.17, 15) is 13.2 Å². The number of halogens is 3. The molecule has 1 fully saturated rings. The molecule has 1 atom stereocenters. The van der Waals surface area contributed by atoms with E-state index >= 15 is 0 Å². The minimum Gasteiger partial charge on any atom is -0.290 e. The normalized spacial score (nSPS) is 16.2. The number of aromatic nitrogens is 4. The third-order valence-electron chi connectivity index (χ3n) is 5.29. The molecule has 1 saturated heterocycles. The number of hydrogen-bond acceptors (Lipinski definition) is 4. The molecule has 0 radical (unpaired) electrons. The van der Waals surface area contributed by atoms with Gasteiger partial charge in [-0.1, -0.05) is 42.5 Å². The van der Waals surface area contributed by atoms with E-state index < -0.39 is 17.8 Å². The lowest BCUT2D eigenvalue weighted by Crippen LogP contribution is -2.30. The van der Waals surface area contributed by atoms with Crippen molar-refractivity contribution < 1.29 is 13.2 Å². The highest BCUT2D eigenvalue weighted by molar-refractivity contribution is 5.31. The SMILES string of the molecule is FC(F)(F)c1cccc([C@@H](c2nnnn2CCc2ccccc2)N2CCCC2)c1. The summed E-state index contributed by atoms with van der Waals surface area (Å²) in [5.74, 6) is 0.585. The zero-order valence-corrected chi connectivity index (χ0v) is 15.9. The Labute approximate surface area is 167 Å². The molecule has 0 N–H and O–H groups in total. The summed E-state index contributed by atoms with van der Waals surface area (Å²) in [5.41, 5.74) is 1.07. The van der Waals surface area contributed by atoms with Gasteiger partial charge in [0.05, 0.1) is 11.6 Å². The lowest BCUT2D eigenvalue weighted by atomic mass is 10.0. The van der Waals surface area contributed by atoms with Gasteiger partial charge in [0.2, 0.25) is 0 Å². The van der Waals surface area contributed by atoms with Gasteiger partial charge in [-0.05, 0) is 66.0 Å². The molecule has 5 nitrogen and oxygen atoms in total. The van der Waals surface area contributed by atoms with Gasteiger partial charge in [-0.3, -0.25) is 4.90 Å². The lowest BCUT2D eigenvalue weighted by Gasteiger charge is -2.27. The Hall–Kier alpha value is -2.74. The molecule has 29 heavy (non-hydrogen) atoms. The Morgan fingerprint density at radius 2 is 1.72 bits per heavy atom. The maximum Gasteiger partial charge on any atom is 0.416 e. The second-order valence-corrected chi connectivity index (χ2v) is 7.26. The highest BCUT2D eigenvalue weighted by Crippen LogP contribution is 2.35. The van der Waals surface area contributed by atoms with Gasteiger partial charge in [0.15, 0.2) is 5.82 Å². The molecule has 0 spiro atoms. The zero-order valence-electron chi connectivity index (χ0n) is 15.9. The maximum atomic E-state index is 13.3. The summed E-state index contributed by atoms with van der Waals surface area (Å²) in [5, 5.41) is 12.2. The first kappa shape index (κ1) is 19.6. The molecule has 2 aromatic carbocycles. The Morgan fingerprint density at radius 3 is 2.45 bits per heavy atom. The van der Waals surface area contributed by atoms with E-state index in [4.69, 9.17) is 0 Å². The summed E-state index contributed by atoms with van der Waals surface area (Å²) in [4.78, 5) is 2.17. The number of likely N-dealkylation sites (tertiary alicyclic amines) is 1. The summed E-state index contributed by atoms with van der Waals surface area (Å²) in [6, 6.07) is 15.1. The summed E-state index contributed by atoms with van der Waals surface area (Å²) in [7, 11) is 0. The van der Waals surface area contributed by atoms with Gasteiger partial charge in [0.1, 0.15) is 0 Å². The molecule has 0 amide bonds. The van der Waals surface area contributed by atoms with Gasteiger partial charge in [-0.2, -0.15) is 13.2 Å². The maximum absolute atomic E-state index is 13.3. The van der Waals surface area contributed by atoms with E-state index in [2.05, 4.69) is 20.4 Å². The van der Waals surface area contributed by atoms with Crippen LogP contribution in [0.2, 0.25) is 0 Å². The summed E-state index contributed by atoms with van der Waals surface area (Å²) in [6.45, 7) is 2.19. The monoisotopic (exact) mass is 401 g/mol. The molecule has 0 saturated carbocycles. The molecule has 0 aliphatic carbocycles. The number of tetrazole rings is 1. The molecule has 3 aromatic rings. The fourth-order valence-electron chi connectivity index (χ4n) is 3.85. The lowest BCUT2D eigenvalue weighted by molar-refractivity contribution is -0.137. The molecule has 8 heteroatoms. The second-order valence-electron chi connectivity index (χ2n) is 7.26. The van der Waals surface area contributed by atoms with Gasteiger partial charge in [-0.15, -0.1) is 5.10 Å². The second kappa shape index (κ2) is 8.32. The molecule has 0 unspecified atom stereocenters. The molecule has 152 valence electrons. The molecule has 2 heterocycles. The Morgan fingerprint density at radius 1 is 0.966 bits per heavy atom. The predicted molar refractivity (Wildman–Crippen MR) is 102 cm³/mol. The van der Waals surface area contributed by atoms with Crippen molar-refractivity contribution in [1.82, 2.24) is 25.1 Å². The van der Waals surface area contributed by atoms with Crippen molar-refractivity contribution in [2.45, 2.75) is 38.0 Å². The van der Waals surface area contributed by atoms with Crippen LogP contribution in [0.1, 0.15) is 41.4 Å². The third-order valence-corrected chi connectivity index (χ3v) is 5.29. The predicted octanol–water partition coefficient (Wildman–Crippen LogP) is 4.12. The zero-order chi connectivity index (χ0) is 20.3. The van der Waals surface area contributed by atoms with Crippen molar-refractivity contribution in [2.75, 3.05) is 13.1 Å². The Bertz CT molecular complexity index is 933.